The van der Waals surface area contributed by atoms with E-state index in [1.165, 1.54) is 24.1 Å². The predicted molar refractivity (Wildman–Crippen MR) is 143 cm³/mol. The fourth-order valence-corrected chi connectivity index (χ4v) is 5.68. The number of hydrogen-bond donors (Lipinski definition) is 1. The van der Waals surface area contributed by atoms with Crippen LogP contribution >= 0.6 is 0 Å². The quantitative estimate of drug-likeness (QED) is 0.565. The SMILES string of the molecule is COc1cc2c(cc1C(=O)N1CC(C)N(Cc3ccc(F)cc3)CC1C)C(C(=O)C(=O)N1CCOCC1)CN2. The topological polar surface area (TPSA) is 91.4 Å². The first-order chi connectivity index (χ1) is 18.8. The molecule has 208 valence electrons. The molecule has 2 fully saturated rings. The molecule has 10 heteroatoms. The third kappa shape index (κ3) is 5.49. The van der Waals surface area contributed by atoms with Gasteiger partial charge in [0.05, 0.1) is 31.8 Å². The summed E-state index contributed by atoms with van der Waals surface area (Å²) in [4.78, 5) is 45.7. The van der Waals surface area contributed by atoms with Crippen molar-refractivity contribution in [3.63, 3.8) is 0 Å². The maximum absolute atomic E-state index is 13.9. The number of ketones is 1. The molecule has 5 rings (SSSR count). The van der Waals surface area contributed by atoms with Crippen LogP contribution in [0.2, 0.25) is 0 Å². The number of ether oxygens (including phenoxy) is 2. The second-order valence-corrected chi connectivity index (χ2v) is 10.6. The zero-order valence-corrected chi connectivity index (χ0v) is 22.6. The van der Waals surface area contributed by atoms with Crippen molar-refractivity contribution in [2.75, 3.05) is 58.4 Å². The lowest BCUT2D eigenvalue weighted by atomic mass is 9.93. The van der Waals surface area contributed by atoms with Crippen LogP contribution in [0.15, 0.2) is 36.4 Å². The van der Waals surface area contributed by atoms with Crippen molar-refractivity contribution in [3.05, 3.63) is 58.9 Å². The van der Waals surface area contributed by atoms with Gasteiger partial charge >= 0.3 is 0 Å². The van der Waals surface area contributed by atoms with E-state index in [4.69, 9.17) is 9.47 Å². The van der Waals surface area contributed by atoms with Crippen LogP contribution < -0.4 is 10.1 Å². The molecule has 0 saturated carbocycles. The van der Waals surface area contributed by atoms with E-state index < -0.39 is 17.6 Å². The number of rotatable bonds is 6. The highest BCUT2D eigenvalue weighted by atomic mass is 19.1. The van der Waals surface area contributed by atoms with Gasteiger partial charge in [0.1, 0.15) is 11.6 Å². The van der Waals surface area contributed by atoms with Gasteiger partial charge in [0, 0.05) is 63.1 Å². The van der Waals surface area contributed by atoms with E-state index in [-0.39, 0.29) is 23.8 Å². The minimum Gasteiger partial charge on any atom is -0.496 e. The summed E-state index contributed by atoms with van der Waals surface area (Å²) in [7, 11) is 1.52. The molecule has 3 aliphatic rings. The Hall–Kier alpha value is -3.50. The van der Waals surface area contributed by atoms with Crippen LogP contribution in [0.5, 0.6) is 5.75 Å². The van der Waals surface area contributed by atoms with E-state index in [0.29, 0.717) is 75.0 Å². The first kappa shape index (κ1) is 27.1. The van der Waals surface area contributed by atoms with Gasteiger partial charge in [-0.25, -0.2) is 4.39 Å². The first-order valence-corrected chi connectivity index (χ1v) is 13.4. The van der Waals surface area contributed by atoms with E-state index in [1.54, 1.807) is 24.3 Å². The number of halogens is 1. The number of Topliss-reactive ketones (excluding diaryl/α,β-unsaturated/α-hetero) is 1. The van der Waals surface area contributed by atoms with Gasteiger partial charge in [0.25, 0.3) is 11.8 Å². The van der Waals surface area contributed by atoms with Crippen LogP contribution in [-0.2, 0) is 20.9 Å². The number of nitrogens with zero attached hydrogens (tertiary/aromatic N) is 3. The lowest BCUT2D eigenvalue weighted by Crippen LogP contribution is -2.57. The Kier molecular flexibility index (Phi) is 7.86. The van der Waals surface area contributed by atoms with E-state index >= 15 is 0 Å². The highest BCUT2D eigenvalue weighted by Crippen LogP contribution is 2.38. The molecule has 3 unspecified atom stereocenters. The minimum absolute atomic E-state index is 0.0782. The van der Waals surface area contributed by atoms with Gasteiger partial charge in [-0.2, -0.15) is 0 Å². The van der Waals surface area contributed by atoms with Crippen molar-refractivity contribution in [2.24, 2.45) is 0 Å². The molecule has 3 atom stereocenters. The van der Waals surface area contributed by atoms with Gasteiger partial charge in [-0.15, -0.1) is 0 Å². The predicted octanol–water partition coefficient (Wildman–Crippen LogP) is 2.51. The second kappa shape index (κ2) is 11.3. The summed E-state index contributed by atoms with van der Waals surface area (Å²) in [5.74, 6) is -1.68. The van der Waals surface area contributed by atoms with Gasteiger partial charge in [0.15, 0.2) is 0 Å². The molecule has 0 bridgehead atoms. The van der Waals surface area contributed by atoms with Gasteiger partial charge < -0.3 is 24.6 Å². The lowest BCUT2D eigenvalue weighted by Gasteiger charge is -2.44. The summed E-state index contributed by atoms with van der Waals surface area (Å²) in [5, 5.41) is 3.21. The largest absolute Gasteiger partial charge is 0.496 e. The third-order valence-electron chi connectivity index (χ3n) is 7.97. The highest BCUT2D eigenvalue weighted by molar-refractivity contribution is 6.38. The molecule has 2 aromatic carbocycles. The normalized spacial score (nSPS) is 23.2. The number of morpholine rings is 1. The maximum Gasteiger partial charge on any atom is 0.290 e. The Balaban J connectivity index is 1.34. The van der Waals surface area contributed by atoms with E-state index in [9.17, 15) is 18.8 Å². The number of piperazine rings is 1. The summed E-state index contributed by atoms with van der Waals surface area (Å²) >= 11 is 0. The number of fused-ring (bicyclic) bond motifs is 1. The molecule has 0 aromatic heterocycles. The van der Waals surface area contributed by atoms with Crippen LogP contribution in [0.4, 0.5) is 10.1 Å². The molecule has 0 radical (unpaired) electrons. The number of hydrogen-bond acceptors (Lipinski definition) is 7. The highest BCUT2D eigenvalue weighted by Gasteiger charge is 2.38. The average molecular weight is 539 g/mol. The summed E-state index contributed by atoms with van der Waals surface area (Å²) in [6.45, 7) is 7.85. The Morgan fingerprint density at radius 2 is 1.77 bits per heavy atom. The molecule has 3 heterocycles. The standard InChI is InChI=1S/C29H35FN4O5/c1-18-16-34(19(2)15-33(18)17-20-4-6-21(30)7-5-20)28(36)23-12-22-24(14-31-25(22)13-26(23)38-3)27(35)29(37)32-8-10-39-11-9-32/h4-7,12-13,18-19,24,31H,8-11,14-17H2,1-3H3. The second-order valence-electron chi connectivity index (χ2n) is 10.6. The molecule has 3 aliphatic heterocycles. The molecule has 2 aromatic rings. The number of nitrogens with one attached hydrogen (secondary N) is 1. The minimum atomic E-state index is -0.670. The van der Waals surface area contributed by atoms with Gasteiger partial charge in [-0.3, -0.25) is 19.3 Å². The molecule has 1 N–H and O–H groups in total. The number of benzene rings is 2. The van der Waals surface area contributed by atoms with E-state index in [0.717, 1.165) is 5.56 Å². The summed E-state index contributed by atoms with van der Waals surface area (Å²) < 4.78 is 24.2. The number of anilines is 1. The van der Waals surface area contributed by atoms with Crippen molar-refractivity contribution in [3.8, 4) is 5.75 Å². The molecule has 2 saturated heterocycles. The number of methoxy groups -OCH3 is 1. The summed E-state index contributed by atoms with van der Waals surface area (Å²) in [6, 6.07) is 9.96. The monoisotopic (exact) mass is 538 g/mol. The van der Waals surface area contributed by atoms with Crippen molar-refractivity contribution in [2.45, 2.75) is 38.4 Å². The van der Waals surface area contributed by atoms with Crippen LogP contribution in [0.1, 0.15) is 41.3 Å². The molecule has 0 spiro atoms. The fraction of sp³-hybridized carbons (Fsp3) is 0.483. The molecule has 39 heavy (non-hydrogen) atoms. The Morgan fingerprint density at radius 1 is 1.05 bits per heavy atom. The number of amides is 2. The van der Waals surface area contributed by atoms with Crippen molar-refractivity contribution >= 4 is 23.3 Å². The summed E-state index contributed by atoms with van der Waals surface area (Å²) in [6.07, 6.45) is 0. The van der Waals surface area contributed by atoms with E-state index in [1.807, 2.05) is 11.8 Å². The van der Waals surface area contributed by atoms with E-state index in [2.05, 4.69) is 17.1 Å². The molecular formula is C29H35FN4O5. The smallest absolute Gasteiger partial charge is 0.290 e. The van der Waals surface area contributed by atoms with Gasteiger partial charge in [0.2, 0.25) is 5.78 Å². The Bertz CT molecular complexity index is 1250. The first-order valence-electron chi connectivity index (χ1n) is 13.4. The van der Waals surface area contributed by atoms with Crippen molar-refractivity contribution in [1.29, 1.82) is 0 Å². The number of carbonyl (C=O) groups is 3. The third-order valence-corrected chi connectivity index (χ3v) is 7.97. The van der Waals surface area contributed by atoms with Crippen LogP contribution in [0.25, 0.3) is 0 Å². The Labute approximate surface area is 227 Å². The Morgan fingerprint density at radius 3 is 2.46 bits per heavy atom. The number of carbonyl (C=O) groups excluding carboxylic acids is 3. The van der Waals surface area contributed by atoms with Crippen LogP contribution in [-0.4, -0.2) is 97.4 Å². The van der Waals surface area contributed by atoms with Crippen LogP contribution in [0.3, 0.4) is 0 Å². The van der Waals surface area contributed by atoms with Gasteiger partial charge in [-0.05, 0) is 43.2 Å². The zero-order chi connectivity index (χ0) is 27.7. The van der Waals surface area contributed by atoms with Crippen LogP contribution in [0, 0.1) is 5.82 Å². The zero-order valence-electron chi connectivity index (χ0n) is 22.6. The van der Waals surface area contributed by atoms with Crippen molar-refractivity contribution in [1.82, 2.24) is 14.7 Å². The summed E-state index contributed by atoms with van der Waals surface area (Å²) in [5.41, 5.74) is 2.73. The van der Waals surface area contributed by atoms with Gasteiger partial charge in [-0.1, -0.05) is 12.1 Å². The molecule has 2 amide bonds. The average Bonchev–Trinajstić information content (AvgIpc) is 3.37. The lowest BCUT2D eigenvalue weighted by molar-refractivity contribution is -0.147. The molecule has 0 aliphatic carbocycles. The maximum atomic E-state index is 13.9. The van der Waals surface area contributed by atoms with Crippen molar-refractivity contribution < 1.29 is 28.2 Å². The molecular weight excluding hydrogens is 503 g/mol. The molecule has 9 nitrogen and oxygen atoms in total. The fourth-order valence-electron chi connectivity index (χ4n) is 5.68.